The zero-order valence-corrected chi connectivity index (χ0v) is 10.8. The predicted octanol–water partition coefficient (Wildman–Crippen LogP) is 1.79. The summed E-state index contributed by atoms with van der Waals surface area (Å²) in [6.07, 6.45) is 2.92. The maximum atomic E-state index is 11.7. The molecule has 18 heavy (non-hydrogen) atoms. The fourth-order valence-electron chi connectivity index (χ4n) is 1.08. The maximum absolute atomic E-state index is 11.7. The number of H-pyrrole nitrogens is 1. The zero-order valence-electron chi connectivity index (χ0n) is 10.8. The van der Waals surface area contributed by atoms with Crippen LogP contribution in [0.3, 0.4) is 0 Å². The largest absolute Gasteiger partial charge is 0.458 e. The first-order chi connectivity index (χ1) is 8.29. The number of carbonyl (C=O) groups excluding carboxylic acids is 2. The molecule has 1 unspecified atom stereocenters. The quantitative estimate of drug-likeness (QED) is 0.502. The van der Waals surface area contributed by atoms with E-state index in [0.29, 0.717) is 5.69 Å². The number of ketones is 1. The normalized spacial score (nSPS) is 13.6. The molecule has 1 heterocycles. The number of rotatable bonds is 4. The number of Topliss-reactive ketones (excluding diaryl/α,β-unsaturated/α-hetero) is 1. The van der Waals surface area contributed by atoms with Crippen LogP contribution in [0.5, 0.6) is 0 Å². The van der Waals surface area contributed by atoms with Gasteiger partial charge in [0.05, 0.1) is 6.20 Å². The average Bonchev–Trinajstić information content (AvgIpc) is 2.67. The van der Waals surface area contributed by atoms with Crippen LogP contribution in [0.15, 0.2) is 22.6 Å². The zero-order chi connectivity index (χ0) is 13.8. The lowest BCUT2D eigenvalue weighted by molar-refractivity contribution is -0.157. The van der Waals surface area contributed by atoms with Crippen molar-refractivity contribution in [1.82, 2.24) is 10.2 Å². The maximum Gasteiger partial charge on any atom is 0.341 e. The van der Waals surface area contributed by atoms with Crippen molar-refractivity contribution in [3.05, 3.63) is 12.4 Å². The summed E-state index contributed by atoms with van der Waals surface area (Å²) in [6, 6.07) is -1.24. The van der Waals surface area contributed by atoms with Crippen LogP contribution < -0.4 is 0 Å². The van der Waals surface area contributed by atoms with E-state index in [4.69, 9.17) is 4.74 Å². The first-order valence-electron chi connectivity index (χ1n) is 5.42. The summed E-state index contributed by atoms with van der Waals surface area (Å²) in [4.78, 5) is 23.1. The van der Waals surface area contributed by atoms with Crippen molar-refractivity contribution < 1.29 is 14.3 Å². The minimum absolute atomic E-state index is 0.420. The van der Waals surface area contributed by atoms with E-state index in [1.165, 1.54) is 19.3 Å². The Morgan fingerprint density at radius 1 is 1.44 bits per heavy atom. The summed E-state index contributed by atoms with van der Waals surface area (Å²) in [7, 11) is 0. The molecule has 0 spiro atoms. The van der Waals surface area contributed by atoms with Gasteiger partial charge in [-0.2, -0.15) is 15.3 Å². The Bertz CT molecular complexity index is 445. The highest BCUT2D eigenvalue weighted by Gasteiger charge is 2.28. The molecule has 0 fully saturated rings. The van der Waals surface area contributed by atoms with Gasteiger partial charge in [-0.15, -0.1) is 0 Å². The van der Waals surface area contributed by atoms with Gasteiger partial charge >= 0.3 is 5.97 Å². The summed E-state index contributed by atoms with van der Waals surface area (Å²) in [5, 5.41) is 13.7. The van der Waals surface area contributed by atoms with Crippen LogP contribution >= 0.6 is 0 Å². The second kappa shape index (κ2) is 5.52. The van der Waals surface area contributed by atoms with Crippen LogP contribution in [-0.2, 0) is 14.3 Å². The third-order valence-electron chi connectivity index (χ3n) is 1.79. The SMILES string of the molecule is CC(=O)C(/N=N/c1cn[nH]c1)C(=O)OC(C)(C)C. The van der Waals surface area contributed by atoms with Gasteiger partial charge in [-0.05, 0) is 27.7 Å². The fourth-order valence-corrected chi connectivity index (χ4v) is 1.08. The van der Waals surface area contributed by atoms with E-state index < -0.39 is 23.4 Å². The second-order valence-electron chi connectivity index (χ2n) is 4.72. The number of aromatic nitrogens is 2. The van der Waals surface area contributed by atoms with E-state index >= 15 is 0 Å². The van der Waals surface area contributed by atoms with Crippen LogP contribution in [-0.4, -0.2) is 33.6 Å². The molecule has 0 amide bonds. The predicted molar refractivity (Wildman–Crippen MR) is 63.4 cm³/mol. The van der Waals surface area contributed by atoms with Crippen LogP contribution in [0.2, 0.25) is 0 Å². The summed E-state index contributed by atoms with van der Waals surface area (Å²) < 4.78 is 5.09. The van der Waals surface area contributed by atoms with Gasteiger partial charge < -0.3 is 4.74 Å². The lowest BCUT2D eigenvalue weighted by Gasteiger charge is -2.20. The number of hydrogen-bond donors (Lipinski definition) is 1. The molecule has 1 aromatic heterocycles. The highest BCUT2D eigenvalue weighted by Crippen LogP contribution is 2.13. The number of ether oxygens (including phenoxy) is 1. The monoisotopic (exact) mass is 252 g/mol. The summed E-state index contributed by atoms with van der Waals surface area (Å²) in [6.45, 7) is 6.42. The minimum Gasteiger partial charge on any atom is -0.458 e. The minimum atomic E-state index is -1.24. The Balaban J connectivity index is 2.77. The van der Waals surface area contributed by atoms with Gasteiger partial charge in [0.1, 0.15) is 11.3 Å². The van der Waals surface area contributed by atoms with E-state index in [-0.39, 0.29) is 0 Å². The summed E-state index contributed by atoms with van der Waals surface area (Å²) in [5.74, 6) is -1.13. The number of aromatic amines is 1. The number of carbonyl (C=O) groups is 2. The van der Waals surface area contributed by atoms with Gasteiger partial charge in [0, 0.05) is 6.20 Å². The molecule has 0 saturated carbocycles. The number of esters is 1. The third-order valence-corrected chi connectivity index (χ3v) is 1.79. The molecule has 0 aliphatic carbocycles. The van der Waals surface area contributed by atoms with Crippen molar-refractivity contribution in [2.75, 3.05) is 0 Å². The van der Waals surface area contributed by atoms with Crippen molar-refractivity contribution in [3.8, 4) is 0 Å². The molecule has 0 bridgehead atoms. The van der Waals surface area contributed by atoms with Crippen molar-refractivity contribution in [3.63, 3.8) is 0 Å². The number of nitrogens with zero attached hydrogens (tertiary/aromatic N) is 3. The van der Waals surface area contributed by atoms with Gasteiger partial charge in [-0.3, -0.25) is 9.89 Å². The lowest BCUT2D eigenvalue weighted by Crippen LogP contribution is -2.34. The van der Waals surface area contributed by atoms with Crippen LogP contribution in [0, 0.1) is 0 Å². The van der Waals surface area contributed by atoms with Crippen LogP contribution in [0.4, 0.5) is 5.69 Å². The molecule has 1 N–H and O–H groups in total. The van der Waals surface area contributed by atoms with Gasteiger partial charge in [-0.25, -0.2) is 4.79 Å². The molecule has 7 heteroatoms. The Kier molecular flexibility index (Phi) is 4.30. The third kappa shape index (κ3) is 4.44. The van der Waals surface area contributed by atoms with Crippen molar-refractivity contribution in [2.24, 2.45) is 10.2 Å². The van der Waals surface area contributed by atoms with Crippen molar-refractivity contribution in [1.29, 1.82) is 0 Å². The van der Waals surface area contributed by atoms with E-state index in [1.807, 2.05) is 0 Å². The highest BCUT2D eigenvalue weighted by molar-refractivity contribution is 6.02. The lowest BCUT2D eigenvalue weighted by atomic mass is 10.1. The summed E-state index contributed by atoms with van der Waals surface area (Å²) in [5.41, 5.74) is -0.236. The molecular weight excluding hydrogens is 236 g/mol. The molecule has 98 valence electrons. The Hall–Kier alpha value is -2.05. The van der Waals surface area contributed by atoms with Crippen molar-refractivity contribution in [2.45, 2.75) is 39.3 Å². The molecule has 0 aromatic carbocycles. The highest BCUT2D eigenvalue weighted by atomic mass is 16.6. The number of nitrogens with one attached hydrogen (secondary N) is 1. The van der Waals surface area contributed by atoms with E-state index in [2.05, 4.69) is 20.4 Å². The van der Waals surface area contributed by atoms with Crippen LogP contribution in [0.25, 0.3) is 0 Å². The molecule has 1 rings (SSSR count). The molecule has 0 aliphatic heterocycles. The van der Waals surface area contributed by atoms with Crippen LogP contribution in [0.1, 0.15) is 27.7 Å². The molecule has 1 atom stereocenters. The molecular formula is C11H16N4O3. The Morgan fingerprint density at radius 3 is 2.56 bits per heavy atom. The molecule has 0 radical (unpaired) electrons. The average molecular weight is 252 g/mol. The number of hydrogen-bond acceptors (Lipinski definition) is 6. The Morgan fingerprint density at radius 2 is 2.11 bits per heavy atom. The molecule has 7 nitrogen and oxygen atoms in total. The topological polar surface area (TPSA) is 96.8 Å². The molecule has 1 aromatic rings. The smallest absolute Gasteiger partial charge is 0.341 e. The van der Waals surface area contributed by atoms with E-state index in [1.54, 1.807) is 20.8 Å². The van der Waals surface area contributed by atoms with Gasteiger partial charge in [0.15, 0.2) is 5.78 Å². The van der Waals surface area contributed by atoms with Gasteiger partial charge in [-0.1, -0.05) is 0 Å². The molecule has 0 saturated heterocycles. The standard InChI is InChI=1S/C11H16N4O3/c1-7(16)9(10(17)18-11(2,3)4)15-14-8-5-12-13-6-8/h5-6,9H,1-4H3,(H,12,13)/b15-14+. The summed E-state index contributed by atoms with van der Waals surface area (Å²) >= 11 is 0. The first-order valence-corrected chi connectivity index (χ1v) is 5.42. The Labute approximate surface area is 105 Å². The first kappa shape index (κ1) is 14.0. The van der Waals surface area contributed by atoms with E-state index in [9.17, 15) is 9.59 Å². The van der Waals surface area contributed by atoms with Gasteiger partial charge in [0.2, 0.25) is 6.04 Å². The number of azo groups is 1. The molecule has 0 aliphatic rings. The van der Waals surface area contributed by atoms with Crippen molar-refractivity contribution >= 4 is 17.4 Å². The van der Waals surface area contributed by atoms with Gasteiger partial charge in [0.25, 0.3) is 0 Å². The van der Waals surface area contributed by atoms with E-state index in [0.717, 1.165) is 0 Å². The fraction of sp³-hybridized carbons (Fsp3) is 0.545. The second-order valence-corrected chi connectivity index (χ2v) is 4.72.